The molecule has 0 rings (SSSR count). The zero-order valence-electron chi connectivity index (χ0n) is 29.8. The largest absolute Gasteiger partial charge is 0.463 e. The summed E-state index contributed by atoms with van der Waals surface area (Å²) in [5, 5.41) is 0. The van der Waals surface area contributed by atoms with E-state index in [4.69, 9.17) is 52.1 Å². The van der Waals surface area contributed by atoms with E-state index in [0.29, 0.717) is 125 Å². The summed E-state index contributed by atoms with van der Waals surface area (Å²) < 4.78 is 58.8. The standard InChI is InChI=1S/C35H66O13/c1-3-5-6-7-8-9-10-11-12-13-35(37)48-33-31-46-29-27-44-25-23-42-21-19-40-17-15-38-14-16-39-18-20-41-22-24-43-26-28-45-30-32-47-34(36)4-2/h4H,2-3,5-33H2,1H3. The molecule has 0 aromatic heterocycles. The molecule has 0 aromatic carbocycles. The van der Waals surface area contributed by atoms with Gasteiger partial charge in [-0.25, -0.2) is 4.79 Å². The van der Waals surface area contributed by atoms with E-state index in [9.17, 15) is 9.59 Å². The predicted molar refractivity (Wildman–Crippen MR) is 181 cm³/mol. The van der Waals surface area contributed by atoms with Crippen molar-refractivity contribution in [2.75, 3.05) is 132 Å². The lowest BCUT2D eigenvalue weighted by atomic mass is 10.1. The van der Waals surface area contributed by atoms with Gasteiger partial charge in [0.25, 0.3) is 0 Å². The molecule has 0 bridgehead atoms. The SMILES string of the molecule is C=CC(=O)OCCOCCOCCOCCOCCOCCOCCOCCOCCOCCOC(=O)CCCCCCCCCCC. The van der Waals surface area contributed by atoms with Crippen LogP contribution in [0.4, 0.5) is 0 Å². The van der Waals surface area contributed by atoms with Gasteiger partial charge in [0.2, 0.25) is 0 Å². The van der Waals surface area contributed by atoms with E-state index in [1.807, 2.05) is 0 Å². The molecule has 13 nitrogen and oxygen atoms in total. The third kappa shape index (κ3) is 40.5. The first-order valence-corrected chi connectivity index (χ1v) is 17.8. The van der Waals surface area contributed by atoms with E-state index in [2.05, 4.69) is 13.5 Å². The summed E-state index contributed by atoms with van der Waals surface area (Å²) in [5.41, 5.74) is 0. The van der Waals surface area contributed by atoms with Crippen molar-refractivity contribution in [2.45, 2.75) is 71.1 Å². The van der Waals surface area contributed by atoms with Crippen LogP contribution in [0.1, 0.15) is 71.1 Å². The van der Waals surface area contributed by atoms with Crippen molar-refractivity contribution in [1.29, 1.82) is 0 Å². The molecule has 0 amide bonds. The average molecular weight is 695 g/mol. The van der Waals surface area contributed by atoms with Gasteiger partial charge in [-0.05, 0) is 6.42 Å². The number of carbonyl (C=O) groups excluding carboxylic acids is 2. The molecule has 0 atom stereocenters. The smallest absolute Gasteiger partial charge is 0.330 e. The van der Waals surface area contributed by atoms with Crippen LogP contribution < -0.4 is 0 Å². The molecule has 0 N–H and O–H groups in total. The van der Waals surface area contributed by atoms with E-state index in [1.54, 1.807) is 0 Å². The summed E-state index contributed by atoms with van der Waals surface area (Å²) in [5.74, 6) is -0.601. The highest BCUT2D eigenvalue weighted by molar-refractivity contribution is 5.81. The molecule has 0 heterocycles. The lowest BCUT2D eigenvalue weighted by Crippen LogP contribution is -2.15. The Morgan fingerprint density at radius 2 is 0.667 bits per heavy atom. The van der Waals surface area contributed by atoms with Gasteiger partial charge in [-0.15, -0.1) is 0 Å². The average Bonchev–Trinajstić information content (AvgIpc) is 3.09. The second kappa shape index (κ2) is 41.5. The zero-order valence-corrected chi connectivity index (χ0v) is 29.8. The number of ether oxygens (including phenoxy) is 11. The highest BCUT2D eigenvalue weighted by atomic mass is 16.6. The van der Waals surface area contributed by atoms with E-state index in [-0.39, 0.29) is 19.2 Å². The summed E-state index contributed by atoms with van der Waals surface area (Å²) in [6.45, 7) is 14.3. The molecular formula is C35H66O13. The molecule has 0 radical (unpaired) electrons. The van der Waals surface area contributed by atoms with Crippen molar-refractivity contribution in [3.63, 3.8) is 0 Å². The van der Waals surface area contributed by atoms with Gasteiger partial charge >= 0.3 is 11.9 Å². The molecule has 284 valence electrons. The van der Waals surface area contributed by atoms with E-state index in [1.165, 1.54) is 44.9 Å². The van der Waals surface area contributed by atoms with E-state index >= 15 is 0 Å². The van der Waals surface area contributed by atoms with Gasteiger partial charge in [0, 0.05) is 12.5 Å². The first kappa shape index (κ1) is 46.3. The topological polar surface area (TPSA) is 136 Å². The summed E-state index contributed by atoms with van der Waals surface area (Å²) in [4.78, 5) is 22.6. The molecule has 0 saturated carbocycles. The minimum Gasteiger partial charge on any atom is -0.463 e. The Labute approximate surface area is 289 Å². The summed E-state index contributed by atoms with van der Waals surface area (Å²) in [6, 6.07) is 0. The Balaban J connectivity index is 3.12. The van der Waals surface area contributed by atoms with Gasteiger partial charge in [0.1, 0.15) is 13.2 Å². The summed E-state index contributed by atoms with van der Waals surface area (Å²) in [7, 11) is 0. The molecule has 13 heteroatoms. The second-order valence-corrected chi connectivity index (χ2v) is 10.7. The van der Waals surface area contributed by atoms with Crippen molar-refractivity contribution < 1.29 is 61.7 Å². The number of hydrogen-bond acceptors (Lipinski definition) is 13. The number of unbranched alkanes of at least 4 members (excludes halogenated alkanes) is 8. The van der Waals surface area contributed by atoms with E-state index < -0.39 is 5.97 Å². The van der Waals surface area contributed by atoms with Gasteiger partial charge in [-0.2, -0.15) is 0 Å². The van der Waals surface area contributed by atoms with Crippen LogP contribution in [0, 0.1) is 0 Å². The number of rotatable bonds is 41. The quantitative estimate of drug-likeness (QED) is 0.0511. The third-order valence-electron chi connectivity index (χ3n) is 6.59. The van der Waals surface area contributed by atoms with Crippen LogP contribution in [0.5, 0.6) is 0 Å². The van der Waals surface area contributed by atoms with Crippen LogP contribution in [0.3, 0.4) is 0 Å². The van der Waals surface area contributed by atoms with E-state index in [0.717, 1.165) is 18.9 Å². The fourth-order valence-corrected chi connectivity index (χ4v) is 3.99. The van der Waals surface area contributed by atoms with Gasteiger partial charge in [-0.1, -0.05) is 64.9 Å². The number of carbonyl (C=O) groups is 2. The number of esters is 2. The summed E-state index contributed by atoms with van der Waals surface area (Å²) >= 11 is 0. The maximum Gasteiger partial charge on any atom is 0.330 e. The fraction of sp³-hybridized carbons (Fsp3) is 0.886. The first-order valence-electron chi connectivity index (χ1n) is 17.8. The molecule has 0 aliphatic carbocycles. The monoisotopic (exact) mass is 694 g/mol. The Morgan fingerprint density at radius 1 is 0.396 bits per heavy atom. The Kier molecular flexibility index (Phi) is 40.0. The molecular weight excluding hydrogens is 628 g/mol. The van der Waals surface area contributed by atoms with Gasteiger partial charge < -0.3 is 52.1 Å². The highest BCUT2D eigenvalue weighted by Gasteiger charge is 2.03. The molecule has 0 spiro atoms. The Morgan fingerprint density at radius 3 is 0.979 bits per heavy atom. The molecule has 0 aliphatic heterocycles. The van der Waals surface area contributed by atoms with Crippen LogP contribution in [0.15, 0.2) is 12.7 Å². The van der Waals surface area contributed by atoms with Crippen LogP contribution in [-0.2, 0) is 61.7 Å². The highest BCUT2D eigenvalue weighted by Crippen LogP contribution is 2.10. The molecule has 0 saturated heterocycles. The van der Waals surface area contributed by atoms with Crippen molar-refractivity contribution in [2.24, 2.45) is 0 Å². The van der Waals surface area contributed by atoms with Crippen molar-refractivity contribution in [3.8, 4) is 0 Å². The number of hydrogen-bond donors (Lipinski definition) is 0. The molecule has 0 aliphatic rings. The third-order valence-corrected chi connectivity index (χ3v) is 6.59. The molecule has 48 heavy (non-hydrogen) atoms. The lowest BCUT2D eigenvalue weighted by molar-refractivity contribution is -0.145. The first-order chi connectivity index (χ1) is 23.7. The van der Waals surface area contributed by atoms with Crippen molar-refractivity contribution >= 4 is 11.9 Å². The van der Waals surface area contributed by atoms with Crippen molar-refractivity contribution in [3.05, 3.63) is 12.7 Å². The molecule has 0 aromatic rings. The van der Waals surface area contributed by atoms with Crippen molar-refractivity contribution in [1.82, 2.24) is 0 Å². The zero-order chi connectivity index (χ0) is 34.9. The fourth-order valence-electron chi connectivity index (χ4n) is 3.99. The Hall–Kier alpha value is -1.68. The van der Waals surface area contributed by atoms with Gasteiger partial charge in [0.15, 0.2) is 0 Å². The maximum atomic E-state index is 11.8. The predicted octanol–water partition coefficient (Wildman–Crippen LogP) is 4.33. The molecule has 0 unspecified atom stereocenters. The maximum absolute atomic E-state index is 11.8. The summed E-state index contributed by atoms with van der Waals surface area (Å²) in [6.07, 6.45) is 12.7. The second-order valence-electron chi connectivity index (χ2n) is 10.7. The lowest BCUT2D eigenvalue weighted by Gasteiger charge is -2.09. The minimum absolute atomic E-state index is 0.141. The minimum atomic E-state index is -0.460. The van der Waals surface area contributed by atoms with Crippen LogP contribution in [-0.4, -0.2) is 144 Å². The molecule has 0 fully saturated rings. The van der Waals surface area contributed by atoms with Gasteiger partial charge in [-0.3, -0.25) is 4.79 Å². The van der Waals surface area contributed by atoms with Crippen LogP contribution in [0.2, 0.25) is 0 Å². The van der Waals surface area contributed by atoms with Gasteiger partial charge in [0.05, 0.1) is 119 Å². The van der Waals surface area contributed by atoms with Crippen LogP contribution in [0.25, 0.3) is 0 Å². The van der Waals surface area contributed by atoms with Crippen LogP contribution >= 0.6 is 0 Å². The normalized spacial score (nSPS) is 11.2. The Bertz CT molecular complexity index is 681.